The van der Waals surface area contributed by atoms with Crippen molar-refractivity contribution in [3.05, 3.63) is 46.8 Å². The normalized spacial score (nSPS) is 12.4. The molecule has 1 atom stereocenters. The van der Waals surface area contributed by atoms with Gasteiger partial charge in [0.15, 0.2) is 0 Å². The number of halogens is 2. The fraction of sp³-hybridized carbons (Fsp3) is 0.467. The zero-order chi connectivity index (χ0) is 13.5. The lowest BCUT2D eigenvalue weighted by Gasteiger charge is -2.21. The second-order valence-electron chi connectivity index (χ2n) is 4.48. The molecule has 0 spiro atoms. The molecule has 1 rings (SSSR count). The first kappa shape index (κ1) is 15.2. The molecule has 0 aliphatic rings. The van der Waals surface area contributed by atoms with E-state index in [2.05, 4.69) is 25.7 Å². The zero-order valence-corrected chi connectivity index (χ0v) is 11.9. The van der Waals surface area contributed by atoms with E-state index >= 15 is 0 Å². The molecule has 100 valence electrons. The Morgan fingerprint density at radius 2 is 2.17 bits per heavy atom. The average Bonchev–Trinajstić information content (AvgIpc) is 2.34. The summed E-state index contributed by atoms with van der Waals surface area (Å²) in [6, 6.07) is 4.70. The Labute approximate surface area is 114 Å². The Hall–Kier alpha value is -0.860. The summed E-state index contributed by atoms with van der Waals surface area (Å²) in [7, 11) is 0. The molecule has 1 aromatic carbocycles. The summed E-state index contributed by atoms with van der Waals surface area (Å²) in [5.74, 6) is -0.299. The average molecular weight is 270 g/mol. The van der Waals surface area contributed by atoms with E-state index in [9.17, 15) is 4.39 Å². The van der Waals surface area contributed by atoms with E-state index in [4.69, 9.17) is 11.6 Å². The summed E-state index contributed by atoms with van der Waals surface area (Å²) < 4.78 is 13.1. The third-order valence-corrected chi connectivity index (χ3v) is 3.30. The highest BCUT2D eigenvalue weighted by Gasteiger charge is 2.15. The van der Waals surface area contributed by atoms with Gasteiger partial charge in [-0.15, -0.1) is 0 Å². The minimum atomic E-state index is -0.299. The van der Waals surface area contributed by atoms with Crippen molar-refractivity contribution in [2.45, 2.75) is 39.2 Å². The molecule has 0 heterocycles. The van der Waals surface area contributed by atoms with Gasteiger partial charge in [-0.05, 0) is 43.5 Å². The third kappa shape index (κ3) is 4.43. The van der Waals surface area contributed by atoms with Crippen LogP contribution >= 0.6 is 11.6 Å². The van der Waals surface area contributed by atoms with Gasteiger partial charge in [0, 0.05) is 11.1 Å². The summed E-state index contributed by atoms with van der Waals surface area (Å²) in [5.41, 5.74) is 2.12. The Bertz CT molecular complexity index is 403. The summed E-state index contributed by atoms with van der Waals surface area (Å²) in [6.45, 7) is 9.15. The quantitative estimate of drug-likeness (QED) is 0.696. The SMILES string of the molecule is C=C(CC)CC(NCCC)c1ccc(F)cc1Cl. The van der Waals surface area contributed by atoms with Gasteiger partial charge in [0.2, 0.25) is 0 Å². The number of hydrogen-bond acceptors (Lipinski definition) is 1. The van der Waals surface area contributed by atoms with Crippen LogP contribution in [0.5, 0.6) is 0 Å². The van der Waals surface area contributed by atoms with Gasteiger partial charge in [-0.25, -0.2) is 4.39 Å². The van der Waals surface area contributed by atoms with Crippen LogP contribution in [0.2, 0.25) is 5.02 Å². The number of benzene rings is 1. The van der Waals surface area contributed by atoms with E-state index in [1.54, 1.807) is 6.07 Å². The largest absolute Gasteiger partial charge is 0.310 e. The van der Waals surface area contributed by atoms with E-state index < -0.39 is 0 Å². The van der Waals surface area contributed by atoms with Gasteiger partial charge >= 0.3 is 0 Å². The Morgan fingerprint density at radius 1 is 1.44 bits per heavy atom. The molecule has 0 aliphatic carbocycles. The van der Waals surface area contributed by atoms with Gasteiger partial charge in [0.25, 0.3) is 0 Å². The van der Waals surface area contributed by atoms with Gasteiger partial charge in [0.1, 0.15) is 5.82 Å². The molecule has 18 heavy (non-hydrogen) atoms. The molecule has 1 N–H and O–H groups in total. The van der Waals surface area contributed by atoms with Gasteiger partial charge < -0.3 is 5.32 Å². The first-order chi connectivity index (χ1) is 8.58. The van der Waals surface area contributed by atoms with Crippen molar-refractivity contribution in [1.29, 1.82) is 0 Å². The molecule has 0 aliphatic heterocycles. The molecule has 0 fully saturated rings. The monoisotopic (exact) mass is 269 g/mol. The minimum absolute atomic E-state index is 0.116. The van der Waals surface area contributed by atoms with E-state index in [-0.39, 0.29) is 11.9 Å². The maximum absolute atomic E-state index is 13.1. The van der Waals surface area contributed by atoms with Gasteiger partial charge in [-0.1, -0.05) is 43.7 Å². The number of nitrogens with one attached hydrogen (secondary N) is 1. The van der Waals surface area contributed by atoms with Gasteiger partial charge in [0.05, 0.1) is 0 Å². The van der Waals surface area contributed by atoms with Crippen LogP contribution in [0.25, 0.3) is 0 Å². The first-order valence-corrected chi connectivity index (χ1v) is 6.81. The van der Waals surface area contributed by atoms with Crippen LogP contribution < -0.4 is 5.32 Å². The van der Waals surface area contributed by atoms with Crippen molar-refractivity contribution in [2.75, 3.05) is 6.54 Å². The molecule has 0 aromatic heterocycles. The summed E-state index contributed by atoms with van der Waals surface area (Å²) in [4.78, 5) is 0. The molecule has 1 nitrogen and oxygen atoms in total. The van der Waals surface area contributed by atoms with E-state index in [0.717, 1.165) is 31.4 Å². The van der Waals surface area contributed by atoms with Crippen molar-refractivity contribution in [3.8, 4) is 0 Å². The van der Waals surface area contributed by atoms with Crippen LogP contribution in [0.1, 0.15) is 44.7 Å². The lowest BCUT2D eigenvalue weighted by Crippen LogP contribution is -2.23. The van der Waals surface area contributed by atoms with Gasteiger partial charge in [-0.2, -0.15) is 0 Å². The summed E-state index contributed by atoms with van der Waals surface area (Å²) in [6.07, 6.45) is 2.83. The Morgan fingerprint density at radius 3 is 2.72 bits per heavy atom. The van der Waals surface area contributed by atoms with Crippen LogP contribution in [0.3, 0.4) is 0 Å². The predicted molar refractivity (Wildman–Crippen MR) is 76.5 cm³/mol. The molecule has 0 bridgehead atoms. The highest BCUT2D eigenvalue weighted by molar-refractivity contribution is 6.31. The standard InChI is InChI=1S/C15H21ClFN/c1-4-8-18-15(9-11(3)5-2)13-7-6-12(17)10-14(13)16/h6-7,10,15,18H,3-5,8-9H2,1-2H3. The highest BCUT2D eigenvalue weighted by atomic mass is 35.5. The van der Waals surface area contributed by atoms with E-state index in [1.165, 1.54) is 17.7 Å². The highest BCUT2D eigenvalue weighted by Crippen LogP contribution is 2.28. The lowest BCUT2D eigenvalue weighted by atomic mass is 9.98. The minimum Gasteiger partial charge on any atom is -0.310 e. The molecular weight excluding hydrogens is 249 g/mol. The molecular formula is C15H21ClFN. The van der Waals surface area contributed by atoms with E-state index in [1.807, 2.05) is 0 Å². The molecule has 0 radical (unpaired) electrons. The van der Waals surface area contributed by atoms with Crippen LogP contribution in [0, 0.1) is 5.82 Å². The summed E-state index contributed by atoms with van der Waals surface area (Å²) >= 11 is 6.12. The topological polar surface area (TPSA) is 12.0 Å². The Kier molecular flexibility index (Phi) is 6.37. The molecule has 1 aromatic rings. The van der Waals surface area contributed by atoms with Crippen molar-refractivity contribution in [2.24, 2.45) is 0 Å². The molecule has 0 amide bonds. The molecule has 0 saturated heterocycles. The van der Waals surface area contributed by atoms with Crippen molar-refractivity contribution >= 4 is 11.6 Å². The van der Waals surface area contributed by atoms with Crippen LogP contribution in [0.4, 0.5) is 4.39 Å². The number of hydrogen-bond donors (Lipinski definition) is 1. The summed E-state index contributed by atoms with van der Waals surface area (Å²) in [5, 5.41) is 3.92. The fourth-order valence-corrected chi connectivity index (χ4v) is 2.13. The zero-order valence-electron chi connectivity index (χ0n) is 11.1. The molecule has 3 heteroatoms. The van der Waals surface area contributed by atoms with Crippen molar-refractivity contribution in [3.63, 3.8) is 0 Å². The van der Waals surface area contributed by atoms with Crippen LogP contribution in [-0.4, -0.2) is 6.54 Å². The fourth-order valence-electron chi connectivity index (χ4n) is 1.83. The second-order valence-corrected chi connectivity index (χ2v) is 4.89. The third-order valence-electron chi connectivity index (χ3n) is 2.97. The van der Waals surface area contributed by atoms with E-state index in [0.29, 0.717) is 5.02 Å². The maximum atomic E-state index is 13.1. The van der Waals surface area contributed by atoms with Crippen molar-refractivity contribution in [1.82, 2.24) is 5.32 Å². The number of rotatable bonds is 7. The van der Waals surface area contributed by atoms with Gasteiger partial charge in [-0.3, -0.25) is 0 Å². The maximum Gasteiger partial charge on any atom is 0.124 e. The van der Waals surface area contributed by atoms with Crippen LogP contribution in [0.15, 0.2) is 30.4 Å². The first-order valence-electron chi connectivity index (χ1n) is 6.43. The second kappa shape index (κ2) is 7.55. The van der Waals surface area contributed by atoms with Crippen LogP contribution in [-0.2, 0) is 0 Å². The lowest BCUT2D eigenvalue weighted by molar-refractivity contribution is 0.522. The Balaban J connectivity index is 2.89. The van der Waals surface area contributed by atoms with Crippen molar-refractivity contribution < 1.29 is 4.39 Å². The predicted octanol–water partition coefficient (Wildman–Crippen LogP) is 4.88. The smallest absolute Gasteiger partial charge is 0.124 e. The molecule has 0 saturated carbocycles. The molecule has 1 unspecified atom stereocenters.